The lowest BCUT2D eigenvalue weighted by Crippen LogP contribution is -2.31. The number of alkyl halides is 2. The highest BCUT2D eigenvalue weighted by Crippen LogP contribution is 2.15. The van der Waals surface area contributed by atoms with Crippen LogP contribution >= 0.6 is 11.6 Å². The average Bonchev–Trinajstić information content (AvgIpc) is 2.21. The van der Waals surface area contributed by atoms with Crippen molar-refractivity contribution < 1.29 is 8.78 Å². The van der Waals surface area contributed by atoms with Crippen molar-refractivity contribution in [2.24, 2.45) is 5.73 Å². The molecule has 1 aromatic carbocycles. The van der Waals surface area contributed by atoms with Crippen LogP contribution in [0.15, 0.2) is 24.3 Å². The first kappa shape index (κ1) is 12.4. The zero-order valence-electron chi connectivity index (χ0n) is 8.09. The molecule has 0 aliphatic rings. The summed E-state index contributed by atoms with van der Waals surface area (Å²) in [7, 11) is 0. The Kier molecular flexibility index (Phi) is 4.94. The molecule has 1 aromatic rings. The minimum atomic E-state index is -2.37. The van der Waals surface area contributed by atoms with Crippen LogP contribution in [0.25, 0.3) is 0 Å². The van der Waals surface area contributed by atoms with Gasteiger partial charge in [-0.25, -0.2) is 8.78 Å². The summed E-state index contributed by atoms with van der Waals surface area (Å²) in [6.45, 7) is -0.0845. The van der Waals surface area contributed by atoms with Crippen LogP contribution < -0.4 is 11.1 Å². The van der Waals surface area contributed by atoms with Crippen molar-refractivity contribution in [3.05, 3.63) is 34.9 Å². The quantitative estimate of drug-likeness (QED) is 0.820. The average molecular weight is 235 g/mol. The van der Waals surface area contributed by atoms with E-state index in [0.29, 0.717) is 5.02 Å². The summed E-state index contributed by atoms with van der Waals surface area (Å²) < 4.78 is 24.0. The first-order chi connectivity index (χ1) is 7.13. The normalized spacial score (nSPS) is 13.1. The number of hydrogen-bond acceptors (Lipinski definition) is 2. The van der Waals surface area contributed by atoms with Gasteiger partial charge >= 0.3 is 0 Å². The van der Waals surface area contributed by atoms with Gasteiger partial charge in [-0.3, -0.25) is 0 Å². The van der Waals surface area contributed by atoms with Gasteiger partial charge in [0.1, 0.15) is 0 Å². The Morgan fingerprint density at radius 3 is 2.33 bits per heavy atom. The summed E-state index contributed by atoms with van der Waals surface area (Å²) in [6, 6.07) is 6.72. The third-order valence-electron chi connectivity index (χ3n) is 2.03. The molecule has 3 N–H and O–H groups in total. The van der Waals surface area contributed by atoms with Gasteiger partial charge in [0, 0.05) is 17.6 Å². The molecule has 0 radical (unpaired) electrons. The SMILES string of the molecule is NCC(NCC(F)F)c1ccc(Cl)cc1. The van der Waals surface area contributed by atoms with Gasteiger partial charge in [-0.2, -0.15) is 0 Å². The molecule has 0 spiro atoms. The van der Waals surface area contributed by atoms with Gasteiger partial charge in [0.2, 0.25) is 0 Å². The van der Waals surface area contributed by atoms with Crippen molar-refractivity contribution in [1.29, 1.82) is 0 Å². The summed E-state index contributed by atoms with van der Waals surface area (Å²) in [6.07, 6.45) is -2.37. The van der Waals surface area contributed by atoms with Crippen molar-refractivity contribution in [2.45, 2.75) is 12.5 Å². The second kappa shape index (κ2) is 6.00. The molecule has 0 heterocycles. The largest absolute Gasteiger partial charge is 0.329 e. The third-order valence-corrected chi connectivity index (χ3v) is 2.28. The predicted molar refractivity (Wildman–Crippen MR) is 57.3 cm³/mol. The maximum Gasteiger partial charge on any atom is 0.250 e. The molecule has 1 unspecified atom stereocenters. The number of halogens is 3. The van der Waals surface area contributed by atoms with E-state index in [2.05, 4.69) is 5.32 Å². The van der Waals surface area contributed by atoms with E-state index in [-0.39, 0.29) is 19.1 Å². The number of nitrogens with two attached hydrogens (primary N) is 1. The van der Waals surface area contributed by atoms with Crippen LogP contribution in [0.5, 0.6) is 0 Å². The first-order valence-corrected chi connectivity index (χ1v) is 4.98. The van der Waals surface area contributed by atoms with Gasteiger partial charge in [-0.1, -0.05) is 23.7 Å². The maximum absolute atomic E-state index is 12.0. The molecule has 0 saturated heterocycles. The monoisotopic (exact) mass is 234 g/mol. The molecule has 5 heteroatoms. The zero-order valence-corrected chi connectivity index (χ0v) is 8.85. The molecule has 1 rings (SSSR count). The minimum Gasteiger partial charge on any atom is -0.329 e. The Hall–Kier alpha value is -0.710. The second-order valence-electron chi connectivity index (χ2n) is 3.14. The summed E-state index contributed by atoms with van der Waals surface area (Å²) in [4.78, 5) is 0. The van der Waals surface area contributed by atoms with Gasteiger partial charge in [0.15, 0.2) is 0 Å². The molecule has 2 nitrogen and oxygen atoms in total. The van der Waals surface area contributed by atoms with Crippen molar-refractivity contribution in [2.75, 3.05) is 13.1 Å². The zero-order chi connectivity index (χ0) is 11.3. The lowest BCUT2D eigenvalue weighted by molar-refractivity contribution is 0.141. The van der Waals surface area contributed by atoms with Gasteiger partial charge < -0.3 is 11.1 Å². The highest BCUT2D eigenvalue weighted by atomic mass is 35.5. The van der Waals surface area contributed by atoms with E-state index in [9.17, 15) is 8.78 Å². The fourth-order valence-electron chi connectivity index (χ4n) is 1.26. The van der Waals surface area contributed by atoms with E-state index in [1.807, 2.05) is 0 Å². The molecular formula is C10H13ClF2N2. The molecule has 84 valence electrons. The van der Waals surface area contributed by atoms with Gasteiger partial charge in [0.25, 0.3) is 6.43 Å². The molecule has 15 heavy (non-hydrogen) atoms. The Labute approximate surface area is 92.4 Å². The number of benzene rings is 1. The molecular weight excluding hydrogens is 222 g/mol. The summed E-state index contributed by atoms with van der Waals surface area (Å²) in [5.74, 6) is 0. The van der Waals surface area contributed by atoms with Crippen LogP contribution in [0.1, 0.15) is 11.6 Å². The van der Waals surface area contributed by atoms with E-state index in [1.165, 1.54) is 0 Å². The lowest BCUT2D eigenvalue weighted by Gasteiger charge is -2.16. The maximum atomic E-state index is 12.0. The van der Waals surface area contributed by atoms with E-state index in [4.69, 9.17) is 17.3 Å². The second-order valence-corrected chi connectivity index (χ2v) is 3.58. The summed E-state index contributed by atoms with van der Waals surface area (Å²) >= 11 is 5.72. The summed E-state index contributed by atoms with van der Waals surface area (Å²) in [5, 5.41) is 3.30. The van der Waals surface area contributed by atoms with Crippen LogP contribution in [0, 0.1) is 0 Å². The third kappa shape index (κ3) is 4.11. The summed E-state index contributed by atoms with van der Waals surface area (Å²) in [5.41, 5.74) is 6.35. The smallest absolute Gasteiger partial charge is 0.250 e. The molecule has 0 amide bonds. The van der Waals surface area contributed by atoms with E-state index < -0.39 is 6.43 Å². The van der Waals surface area contributed by atoms with E-state index in [1.54, 1.807) is 24.3 Å². The van der Waals surface area contributed by atoms with Crippen molar-refractivity contribution in [3.63, 3.8) is 0 Å². The van der Waals surface area contributed by atoms with E-state index in [0.717, 1.165) is 5.56 Å². The van der Waals surface area contributed by atoms with Crippen LogP contribution in [0.2, 0.25) is 5.02 Å². The Morgan fingerprint density at radius 2 is 1.87 bits per heavy atom. The van der Waals surface area contributed by atoms with Crippen molar-refractivity contribution >= 4 is 11.6 Å². The number of rotatable bonds is 5. The number of nitrogens with one attached hydrogen (secondary N) is 1. The minimum absolute atomic E-state index is 0.253. The van der Waals surface area contributed by atoms with Crippen molar-refractivity contribution in [1.82, 2.24) is 5.32 Å². The van der Waals surface area contributed by atoms with Gasteiger partial charge in [-0.05, 0) is 17.7 Å². The highest BCUT2D eigenvalue weighted by molar-refractivity contribution is 6.30. The number of hydrogen-bond donors (Lipinski definition) is 2. The fraction of sp³-hybridized carbons (Fsp3) is 0.400. The molecule has 0 saturated carbocycles. The fourth-order valence-corrected chi connectivity index (χ4v) is 1.39. The first-order valence-electron chi connectivity index (χ1n) is 4.60. The van der Waals surface area contributed by atoms with Gasteiger partial charge in [-0.15, -0.1) is 0 Å². The van der Waals surface area contributed by atoms with Crippen LogP contribution in [-0.4, -0.2) is 19.5 Å². The molecule has 0 bridgehead atoms. The van der Waals surface area contributed by atoms with Crippen LogP contribution in [0.4, 0.5) is 8.78 Å². The molecule has 1 atom stereocenters. The molecule has 0 aliphatic heterocycles. The Balaban J connectivity index is 2.61. The van der Waals surface area contributed by atoms with Gasteiger partial charge in [0.05, 0.1) is 6.54 Å². The molecule has 0 aromatic heterocycles. The molecule has 0 fully saturated rings. The lowest BCUT2D eigenvalue weighted by atomic mass is 10.1. The van der Waals surface area contributed by atoms with Crippen molar-refractivity contribution in [3.8, 4) is 0 Å². The Morgan fingerprint density at radius 1 is 1.27 bits per heavy atom. The highest BCUT2D eigenvalue weighted by Gasteiger charge is 2.11. The Bertz CT molecular complexity index is 290. The van der Waals surface area contributed by atoms with Crippen LogP contribution in [0.3, 0.4) is 0 Å². The molecule has 0 aliphatic carbocycles. The predicted octanol–water partition coefficient (Wildman–Crippen LogP) is 2.19. The van der Waals surface area contributed by atoms with Crippen LogP contribution in [-0.2, 0) is 0 Å². The topological polar surface area (TPSA) is 38.0 Å². The standard InChI is InChI=1S/C10H13ClF2N2/c11-8-3-1-7(2-4-8)9(5-14)15-6-10(12)13/h1-4,9-10,15H,5-6,14H2. The van der Waals surface area contributed by atoms with E-state index >= 15 is 0 Å².